The Morgan fingerprint density at radius 2 is 1.87 bits per heavy atom. The van der Waals surface area contributed by atoms with Gasteiger partial charge in [-0.1, -0.05) is 63.7 Å². The Bertz CT molecular complexity index is 1860. The average molecular weight is 666 g/mol. The van der Waals surface area contributed by atoms with Crippen LogP contribution in [0.5, 0.6) is 11.5 Å². The van der Waals surface area contributed by atoms with E-state index >= 15 is 0 Å². The minimum atomic E-state index is -0.444. The maximum absolute atomic E-state index is 14.1. The van der Waals surface area contributed by atoms with Crippen LogP contribution in [0.3, 0.4) is 0 Å². The van der Waals surface area contributed by atoms with E-state index in [1.807, 2.05) is 36.4 Å². The number of nitrogens with zero attached hydrogens (tertiary/aromatic N) is 2. The quantitative estimate of drug-likeness (QED) is 0.205. The number of hydrogen-bond acceptors (Lipinski definition) is 6. The molecule has 1 aliphatic heterocycles. The van der Waals surface area contributed by atoms with Gasteiger partial charge in [0.15, 0.2) is 10.6 Å². The normalized spacial score (nSPS) is 16.2. The first-order valence-electron chi connectivity index (χ1n) is 12.3. The van der Waals surface area contributed by atoms with E-state index in [0.29, 0.717) is 25.1 Å². The minimum Gasteiger partial charge on any atom is -0.497 e. The van der Waals surface area contributed by atoms with Crippen LogP contribution in [0.4, 0.5) is 0 Å². The standard InChI is InChI=1S/C30H22Br2N2O4S/c1-16(35)38-28-19(13-20(31)15-24(28)32)14-25-29(36)34-27(18-7-10-21(37-2)11-8-18)23-12-9-17-5-3-4-6-22(17)26(23)33-30(34)39-25/h3-8,10-11,13-15,27H,9,12H2,1-2H3/b25-14+/t27-/m1/s1. The number of carbonyl (C=O) groups excluding carboxylic acids is 1. The molecule has 2 aliphatic rings. The van der Waals surface area contributed by atoms with Crippen LogP contribution in [0.15, 0.2) is 85.0 Å². The molecule has 0 radical (unpaired) electrons. The van der Waals surface area contributed by atoms with Crippen molar-refractivity contribution in [1.29, 1.82) is 0 Å². The van der Waals surface area contributed by atoms with Gasteiger partial charge in [0.2, 0.25) is 0 Å². The van der Waals surface area contributed by atoms with Gasteiger partial charge in [0, 0.05) is 22.5 Å². The lowest BCUT2D eigenvalue weighted by Crippen LogP contribution is -2.38. The van der Waals surface area contributed by atoms with Crippen LogP contribution in [0, 0.1) is 0 Å². The number of thiazole rings is 1. The Morgan fingerprint density at radius 1 is 1.10 bits per heavy atom. The van der Waals surface area contributed by atoms with Crippen LogP contribution in [-0.4, -0.2) is 17.6 Å². The van der Waals surface area contributed by atoms with Crippen molar-refractivity contribution in [2.75, 3.05) is 7.11 Å². The first-order chi connectivity index (χ1) is 18.8. The lowest BCUT2D eigenvalue weighted by Gasteiger charge is -2.30. The van der Waals surface area contributed by atoms with E-state index in [-0.39, 0.29) is 11.6 Å². The molecule has 3 aromatic carbocycles. The number of aryl methyl sites for hydroxylation is 1. The van der Waals surface area contributed by atoms with Gasteiger partial charge < -0.3 is 9.47 Å². The van der Waals surface area contributed by atoms with E-state index in [2.05, 4.69) is 50.1 Å². The number of esters is 1. The molecule has 0 N–H and O–H groups in total. The number of rotatable bonds is 4. The summed E-state index contributed by atoms with van der Waals surface area (Å²) >= 11 is 8.32. The van der Waals surface area contributed by atoms with Crippen LogP contribution in [-0.2, 0) is 11.2 Å². The predicted octanol–water partition coefficient (Wildman–Crippen LogP) is 5.78. The van der Waals surface area contributed by atoms with Crippen LogP contribution < -0.4 is 24.4 Å². The molecular formula is C30H22Br2N2O4S. The first kappa shape index (κ1) is 26.0. The molecular weight excluding hydrogens is 644 g/mol. The van der Waals surface area contributed by atoms with Gasteiger partial charge in [0.1, 0.15) is 5.75 Å². The monoisotopic (exact) mass is 664 g/mol. The fourth-order valence-electron chi connectivity index (χ4n) is 5.19. The maximum atomic E-state index is 14.1. The fraction of sp³-hybridized carbons (Fsp3) is 0.167. The number of methoxy groups -OCH3 is 1. The fourth-order valence-corrected chi connectivity index (χ4v) is 7.52. The SMILES string of the molecule is COc1ccc([C@@H]2C3=C(N=c4s/c(=C/c5cc(Br)cc(Br)c5OC(C)=O)c(=O)n42)c2ccccc2CC3)cc1. The molecule has 196 valence electrons. The second kappa shape index (κ2) is 10.4. The van der Waals surface area contributed by atoms with Gasteiger partial charge in [-0.05, 0) is 75.8 Å². The van der Waals surface area contributed by atoms with E-state index in [0.717, 1.165) is 45.5 Å². The second-order valence-electron chi connectivity index (χ2n) is 9.29. The number of ether oxygens (including phenoxy) is 2. The zero-order valence-corrected chi connectivity index (χ0v) is 25.0. The molecule has 0 saturated carbocycles. The summed E-state index contributed by atoms with van der Waals surface area (Å²) in [7, 11) is 1.64. The minimum absolute atomic E-state index is 0.144. The predicted molar refractivity (Wildman–Crippen MR) is 159 cm³/mol. The van der Waals surface area contributed by atoms with Crippen molar-refractivity contribution in [1.82, 2.24) is 4.57 Å². The highest BCUT2D eigenvalue weighted by atomic mass is 79.9. The summed E-state index contributed by atoms with van der Waals surface area (Å²) in [5.41, 5.74) is 5.90. The number of fused-ring (bicyclic) bond motifs is 3. The van der Waals surface area contributed by atoms with Crippen molar-refractivity contribution in [3.63, 3.8) is 0 Å². The summed E-state index contributed by atoms with van der Waals surface area (Å²) in [6.07, 6.45) is 3.46. The van der Waals surface area contributed by atoms with Crippen molar-refractivity contribution in [3.8, 4) is 11.5 Å². The Balaban J connectivity index is 1.61. The Hall–Kier alpha value is -3.27. The third-order valence-corrected chi connectivity index (χ3v) is 8.90. The molecule has 39 heavy (non-hydrogen) atoms. The van der Waals surface area contributed by atoms with Gasteiger partial charge in [0.05, 0.1) is 27.9 Å². The molecule has 6 nitrogen and oxygen atoms in total. The van der Waals surface area contributed by atoms with Crippen LogP contribution in [0.25, 0.3) is 11.8 Å². The Morgan fingerprint density at radius 3 is 2.62 bits per heavy atom. The van der Waals surface area contributed by atoms with Gasteiger partial charge in [-0.25, -0.2) is 4.99 Å². The number of allylic oxidation sites excluding steroid dienone is 1. The topological polar surface area (TPSA) is 69.9 Å². The molecule has 0 unspecified atom stereocenters. The van der Waals surface area contributed by atoms with Crippen LogP contribution in [0.1, 0.15) is 41.6 Å². The lowest BCUT2D eigenvalue weighted by atomic mass is 9.83. The maximum Gasteiger partial charge on any atom is 0.308 e. The van der Waals surface area contributed by atoms with Gasteiger partial charge >= 0.3 is 5.97 Å². The van der Waals surface area contributed by atoms with E-state index in [1.165, 1.54) is 23.8 Å². The smallest absolute Gasteiger partial charge is 0.308 e. The molecule has 0 fully saturated rings. The number of benzene rings is 3. The molecule has 1 aliphatic carbocycles. The van der Waals surface area contributed by atoms with Gasteiger partial charge in [-0.15, -0.1) is 0 Å². The molecule has 1 aromatic heterocycles. The van der Waals surface area contributed by atoms with E-state index in [4.69, 9.17) is 14.5 Å². The van der Waals surface area contributed by atoms with E-state index in [1.54, 1.807) is 23.8 Å². The highest BCUT2D eigenvalue weighted by Gasteiger charge is 2.32. The summed E-state index contributed by atoms with van der Waals surface area (Å²) in [6.45, 7) is 1.35. The summed E-state index contributed by atoms with van der Waals surface area (Å²) in [5, 5.41) is 0. The van der Waals surface area contributed by atoms with E-state index in [9.17, 15) is 9.59 Å². The van der Waals surface area contributed by atoms with Crippen LogP contribution in [0.2, 0.25) is 0 Å². The number of hydrogen-bond donors (Lipinski definition) is 0. The molecule has 0 bridgehead atoms. The Kier molecular flexibility index (Phi) is 6.91. The number of carbonyl (C=O) groups is 1. The van der Waals surface area contributed by atoms with E-state index < -0.39 is 5.97 Å². The molecule has 2 heterocycles. The third kappa shape index (κ3) is 4.73. The highest BCUT2D eigenvalue weighted by Crippen LogP contribution is 2.41. The highest BCUT2D eigenvalue weighted by molar-refractivity contribution is 9.11. The van der Waals surface area contributed by atoms with Crippen molar-refractivity contribution in [2.24, 2.45) is 4.99 Å². The molecule has 9 heteroatoms. The summed E-state index contributed by atoms with van der Waals surface area (Å²) < 4.78 is 14.6. The van der Waals surface area contributed by atoms with Gasteiger partial charge in [0.25, 0.3) is 5.56 Å². The largest absolute Gasteiger partial charge is 0.497 e. The van der Waals surface area contributed by atoms with Crippen molar-refractivity contribution in [3.05, 3.63) is 117 Å². The lowest BCUT2D eigenvalue weighted by molar-refractivity contribution is -0.131. The molecule has 0 saturated heterocycles. The molecule has 4 aromatic rings. The van der Waals surface area contributed by atoms with Crippen molar-refractivity contribution in [2.45, 2.75) is 25.8 Å². The zero-order valence-electron chi connectivity index (χ0n) is 21.0. The zero-order chi connectivity index (χ0) is 27.3. The van der Waals surface area contributed by atoms with Crippen LogP contribution >= 0.6 is 43.2 Å². The molecule has 0 spiro atoms. The third-order valence-electron chi connectivity index (χ3n) is 6.87. The molecule has 1 atom stereocenters. The summed E-state index contributed by atoms with van der Waals surface area (Å²) in [4.78, 5) is 31.6. The van der Waals surface area contributed by atoms with Gasteiger partial charge in [-0.3, -0.25) is 14.2 Å². The van der Waals surface area contributed by atoms with Crippen molar-refractivity contribution < 1.29 is 14.3 Å². The number of halogens is 2. The summed E-state index contributed by atoms with van der Waals surface area (Å²) in [6, 6.07) is 19.5. The molecule has 0 amide bonds. The van der Waals surface area contributed by atoms with Crippen molar-refractivity contribution >= 4 is 60.9 Å². The average Bonchev–Trinajstić information content (AvgIpc) is 3.23. The Labute approximate surface area is 245 Å². The second-order valence-corrected chi connectivity index (χ2v) is 12.1. The molecule has 6 rings (SSSR count). The van der Waals surface area contributed by atoms with Gasteiger partial charge in [-0.2, -0.15) is 0 Å². The summed E-state index contributed by atoms with van der Waals surface area (Å²) in [5.74, 6) is 0.670. The first-order valence-corrected chi connectivity index (χ1v) is 14.7. The number of aromatic nitrogens is 1.